The van der Waals surface area contributed by atoms with Crippen LogP contribution in [0.4, 0.5) is 34.1 Å². The Bertz CT molecular complexity index is 3610. The summed E-state index contributed by atoms with van der Waals surface area (Å²) in [5.74, 6) is 0. The van der Waals surface area contributed by atoms with Crippen LogP contribution >= 0.6 is 31.9 Å². The molecule has 0 spiro atoms. The monoisotopic (exact) mass is 1150 g/mol. The van der Waals surface area contributed by atoms with Crippen molar-refractivity contribution in [2.24, 2.45) is 0 Å². The largest absolute Gasteiger partial charge is 0.310 e. The van der Waals surface area contributed by atoms with E-state index < -0.39 is 0 Å². The molecule has 2 nitrogen and oxygen atoms in total. The topological polar surface area (TPSA) is 6.48 Å². The fourth-order valence-electron chi connectivity index (χ4n) is 11.5. The first-order chi connectivity index (χ1) is 38.2. The molecule has 0 aliphatic rings. The SMILES string of the molecule is CCCCCCCCc1cccc(N(c2ccc(-c3cc(-c4c(C)ccc5cc(-c6ccc(N(c7cccc(Br)c7)c7cccc(CCCCCCCC)c7)cc6)ccc45)c4cc(C)ccc4c3)cc2)c2cccc(Br)c2)c1. The number of benzene rings is 10. The molecule has 0 atom stereocenters. The highest BCUT2D eigenvalue weighted by Crippen LogP contribution is 2.43. The molecule has 394 valence electrons. The molecule has 4 heteroatoms. The second-order valence-corrected chi connectivity index (χ2v) is 23.4. The minimum atomic E-state index is 1.06. The van der Waals surface area contributed by atoms with E-state index in [-0.39, 0.29) is 0 Å². The van der Waals surface area contributed by atoms with Crippen LogP contribution in [0, 0.1) is 13.8 Å². The van der Waals surface area contributed by atoms with E-state index in [9.17, 15) is 0 Å². The molecule has 0 saturated carbocycles. The summed E-state index contributed by atoms with van der Waals surface area (Å²) in [6.07, 6.45) is 17.8. The summed E-state index contributed by atoms with van der Waals surface area (Å²) in [6.45, 7) is 9.05. The van der Waals surface area contributed by atoms with Crippen molar-refractivity contribution in [3.63, 3.8) is 0 Å². The van der Waals surface area contributed by atoms with Gasteiger partial charge in [0.15, 0.2) is 0 Å². The molecule has 0 aromatic heterocycles. The summed E-state index contributed by atoms with van der Waals surface area (Å²) < 4.78 is 2.13. The molecule has 0 unspecified atom stereocenters. The van der Waals surface area contributed by atoms with E-state index in [1.807, 2.05) is 0 Å². The van der Waals surface area contributed by atoms with Crippen LogP contribution in [0.1, 0.15) is 113 Å². The third-order valence-electron chi connectivity index (χ3n) is 15.6. The molecule has 0 bridgehead atoms. The average molecular weight is 1150 g/mol. The molecule has 10 aromatic carbocycles. The number of nitrogens with zero attached hydrogens (tertiary/aromatic N) is 2. The van der Waals surface area contributed by atoms with Gasteiger partial charge in [0, 0.05) is 43.1 Å². The van der Waals surface area contributed by atoms with Crippen molar-refractivity contribution < 1.29 is 0 Å². The molecule has 0 aliphatic heterocycles. The first-order valence-corrected chi connectivity index (χ1v) is 30.4. The van der Waals surface area contributed by atoms with E-state index in [2.05, 4.69) is 276 Å². The Balaban J connectivity index is 0.953. The summed E-state index contributed by atoms with van der Waals surface area (Å²) in [4.78, 5) is 4.78. The molecule has 0 saturated heterocycles. The molecule has 0 fully saturated rings. The third-order valence-corrected chi connectivity index (χ3v) is 16.6. The number of anilines is 6. The fourth-order valence-corrected chi connectivity index (χ4v) is 12.2. The quantitative estimate of drug-likeness (QED) is 0.0589. The van der Waals surface area contributed by atoms with Crippen LogP contribution in [0.15, 0.2) is 215 Å². The van der Waals surface area contributed by atoms with Crippen molar-refractivity contribution in [1.82, 2.24) is 0 Å². The summed E-state index contributed by atoms with van der Waals surface area (Å²) in [5.41, 5.74) is 19.5. The van der Waals surface area contributed by atoms with Crippen LogP contribution in [0.25, 0.3) is 54.9 Å². The van der Waals surface area contributed by atoms with Crippen LogP contribution in [0.2, 0.25) is 0 Å². The van der Waals surface area contributed by atoms with Gasteiger partial charge in [0.1, 0.15) is 0 Å². The maximum atomic E-state index is 3.78. The van der Waals surface area contributed by atoms with Crippen LogP contribution in [0.5, 0.6) is 0 Å². The van der Waals surface area contributed by atoms with Gasteiger partial charge in [0.25, 0.3) is 0 Å². The Hall–Kier alpha value is -6.72. The van der Waals surface area contributed by atoms with Gasteiger partial charge in [0.2, 0.25) is 0 Å². The van der Waals surface area contributed by atoms with Gasteiger partial charge < -0.3 is 9.80 Å². The van der Waals surface area contributed by atoms with Gasteiger partial charge in [-0.3, -0.25) is 0 Å². The van der Waals surface area contributed by atoms with E-state index in [0.29, 0.717) is 0 Å². The Kier molecular flexibility index (Phi) is 18.4. The van der Waals surface area contributed by atoms with Crippen molar-refractivity contribution in [2.45, 2.75) is 118 Å². The summed E-state index contributed by atoms with van der Waals surface area (Å²) >= 11 is 7.55. The lowest BCUT2D eigenvalue weighted by Gasteiger charge is -2.26. The van der Waals surface area contributed by atoms with Crippen LogP contribution in [0.3, 0.4) is 0 Å². The zero-order valence-electron chi connectivity index (χ0n) is 46.2. The lowest BCUT2D eigenvalue weighted by molar-refractivity contribution is 0.607. The van der Waals surface area contributed by atoms with Gasteiger partial charge in [-0.15, -0.1) is 0 Å². The number of fused-ring (bicyclic) bond motifs is 2. The maximum absolute atomic E-state index is 3.78. The fraction of sp³-hybridized carbons (Fsp3) is 0.243. The zero-order chi connectivity index (χ0) is 53.8. The number of hydrogen-bond acceptors (Lipinski definition) is 2. The highest BCUT2D eigenvalue weighted by molar-refractivity contribution is 9.10. The lowest BCUT2D eigenvalue weighted by atomic mass is 9.87. The Morgan fingerprint density at radius 2 is 0.782 bits per heavy atom. The normalized spacial score (nSPS) is 11.4. The van der Waals surface area contributed by atoms with Crippen LogP contribution in [-0.2, 0) is 12.8 Å². The Labute approximate surface area is 482 Å². The second-order valence-electron chi connectivity index (χ2n) is 21.5. The van der Waals surface area contributed by atoms with Gasteiger partial charge in [-0.05, 0) is 214 Å². The molecule has 0 heterocycles. The predicted molar refractivity (Wildman–Crippen MR) is 346 cm³/mol. The molecule has 0 aliphatic carbocycles. The maximum Gasteiger partial charge on any atom is 0.0472 e. The van der Waals surface area contributed by atoms with Crippen molar-refractivity contribution in [3.8, 4) is 33.4 Å². The molecule has 0 amide bonds. The first kappa shape index (κ1) is 54.6. The molecule has 0 radical (unpaired) electrons. The van der Waals surface area contributed by atoms with Crippen molar-refractivity contribution in [2.75, 3.05) is 9.80 Å². The molecule has 10 rings (SSSR count). The van der Waals surface area contributed by atoms with E-state index in [0.717, 1.165) is 44.5 Å². The van der Waals surface area contributed by atoms with Crippen molar-refractivity contribution in [3.05, 3.63) is 237 Å². The Morgan fingerprint density at radius 3 is 1.32 bits per heavy atom. The van der Waals surface area contributed by atoms with Crippen molar-refractivity contribution in [1.29, 1.82) is 0 Å². The average Bonchev–Trinajstić information content (AvgIpc) is 3.52. The number of unbranched alkanes of at least 4 members (excludes halogenated alkanes) is 10. The van der Waals surface area contributed by atoms with Gasteiger partial charge in [-0.25, -0.2) is 0 Å². The molecule has 78 heavy (non-hydrogen) atoms. The van der Waals surface area contributed by atoms with Gasteiger partial charge >= 0.3 is 0 Å². The number of aryl methyl sites for hydroxylation is 4. The number of halogens is 2. The number of hydrogen-bond donors (Lipinski definition) is 0. The first-order valence-electron chi connectivity index (χ1n) is 28.8. The summed E-state index contributed by atoms with van der Waals surface area (Å²) in [7, 11) is 0. The lowest BCUT2D eigenvalue weighted by Crippen LogP contribution is -2.10. The predicted octanol–water partition coefficient (Wildman–Crippen LogP) is 23.9. The minimum Gasteiger partial charge on any atom is -0.310 e. The summed E-state index contributed by atoms with van der Waals surface area (Å²) in [6, 6.07) is 77.3. The standard InChI is InChI=1S/C74H74Br2N2/c1-5-7-9-11-13-15-21-55-23-17-27-67(46-55)77(69-29-19-25-63(75)51-69)65-40-35-57(36-41-65)59-39-44-71-60(48-59)34-32-54(4)74(71)73-50-62(49-61-33-31-53(3)45-72(61)73)58-37-42-66(43-38-58)78(70-30-20-26-64(76)52-70)68-28-18-24-56(47-68)22-16-14-12-10-8-6-2/h17-20,23-52H,5-16,21-22H2,1-4H3. The summed E-state index contributed by atoms with van der Waals surface area (Å²) in [5, 5.41) is 5.00. The smallest absolute Gasteiger partial charge is 0.0472 e. The molecule has 0 N–H and O–H groups in total. The zero-order valence-corrected chi connectivity index (χ0v) is 49.4. The molecular weight excluding hydrogens is 1080 g/mol. The van der Waals surface area contributed by atoms with Crippen molar-refractivity contribution >= 4 is 87.5 Å². The molecule has 10 aromatic rings. The van der Waals surface area contributed by atoms with E-state index in [4.69, 9.17) is 0 Å². The van der Waals surface area contributed by atoms with E-state index in [1.54, 1.807) is 0 Å². The van der Waals surface area contributed by atoms with E-state index in [1.165, 1.54) is 166 Å². The third kappa shape index (κ3) is 13.2. The highest BCUT2D eigenvalue weighted by Gasteiger charge is 2.19. The van der Waals surface area contributed by atoms with E-state index >= 15 is 0 Å². The van der Waals surface area contributed by atoms with Gasteiger partial charge in [0.05, 0.1) is 0 Å². The second kappa shape index (κ2) is 26.3. The number of rotatable bonds is 23. The van der Waals surface area contributed by atoms with Crippen LogP contribution in [-0.4, -0.2) is 0 Å². The highest BCUT2D eigenvalue weighted by atomic mass is 79.9. The minimum absolute atomic E-state index is 1.06. The van der Waals surface area contributed by atoms with Gasteiger partial charge in [-0.1, -0.05) is 219 Å². The van der Waals surface area contributed by atoms with Crippen LogP contribution < -0.4 is 9.80 Å². The molecular formula is C74H74Br2N2. The van der Waals surface area contributed by atoms with Gasteiger partial charge in [-0.2, -0.15) is 0 Å². The Morgan fingerprint density at radius 1 is 0.333 bits per heavy atom.